The summed E-state index contributed by atoms with van der Waals surface area (Å²) >= 11 is 0. The number of aryl methyl sites for hydroxylation is 1. The van der Waals surface area contributed by atoms with E-state index in [2.05, 4.69) is 0 Å². The summed E-state index contributed by atoms with van der Waals surface area (Å²) in [5.41, 5.74) is 3.56. The Morgan fingerprint density at radius 2 is 2.07 bits per heavy atom. The Labute approximate surface area is 83.4 Å². The molecular formula is C9H13NO3S. The van der Waals surface area contributed by atoms with Crippen molar-refractivity contribution in [3.8, 4) is 0 Å². The lowest BCUT2D eigenvalue weighted by atomic mass is 10.1. The largest absolute Gasteiger partial charge is 0.316 e. The normalized spacial score (nSPS) is 11.6. The molecule has 0 aliphatic carbocycles. The number of sulfone groups is 1. The number of hydrogen-bond donors (Lipinski definition) is 2. The molecule has 0 unspecified atom stereocenters. The van der Waals surface area contributed by atoms with Crippen LogP contribution < -0.4 is 5.48 Å². The molecular weight excluding hydrogens is 202 g/mol. The summed E-state index contributed by atoms with van der Waals surface area (Å²) in [7, 11) is -3.15. The SMILES string of the molecule is Cc1cc(CNO)ccc1S(C)(=O)=O. The molecule has 0 aliphatic rings. The van der Waals surface area contributed by atoms with Crippen LogP contribution in [0.5, 0.6) is 0 Å². The molecule has 0 spiro atoms. The quantitative estimate of drug-likeness (QED) is 0.734. The molecule has 0 heterocycles. The lowest BCUT2D eigenvalue weighted by Crippen LogP contribution is -2.07. The van der Waals surface area contributed by atoms with Crippen molar-refractivity contribution >= 4 is 9.84 Å². The van der Waals surface area contributed by atoms with Gasteiger partial charge < -0.3 is 5.21 Å². The van der Waals surface area contributed by atoms with Gasteiger partial charge >= 0.3 is 0 Å². The van der Waals surface area contributed by atoms with E-state index in [0.717, 1.165) is 5.56 Å². The Hall–Kier alpha value is -0.910. The maximum absolute atomic E-state index is 11.3. The predicted octanol–water partition coefficient (Wildman–Crippen LogP) is 0.877. The van der Waals surface area contributed by atoms with Gasteiger partial charge in [-0.15, -0.1) is 0 Å². The minimum Gasteiger partial charge on any atom is -0.316 e. The molecule has 78 valence electrons. The monoisotopic (exact) mass is 215 g/mol. The minimum absolute atomic E-state index is 0.310. The van der Waals surface area contributed by atoms with Crippen molar-refractivity contribution in [2.24, 2.45) is 0 Å². The van der Waals surface area contributed by atoms with E-state index in [9.17, 15) is 8.42 Å². The maximum atomic E-state index is 11.3. The van der Waals surface area contributed by atoms with E-state index in [1.165, 1.54) is 6.26 Å². The number of nitrogens with one attached hydrogen (secondary N) is 1. The van der Waals surface area contributed by atoms with Gasteiger partial charge in [-0.3, -0.25) is 0 Å². The molecule has 1 rings (SSSR count). The number of rotatable bonds is 3. The Kier molecular flexibility index (Phi) is 3.25. The molecule has 5 heteroatoms. The molecule has 0 aliphatic heterocycles. The first kappa shape index (κ1) is 11.2. The highest BCUT2D eigenvalue weighted by molar-refractivity contribution is 7.90. The van der Waals surface area contributed by atoms with E-state index in [4.69, 9.17) is 5.21 Å². The molecule has 0 bridgehead atoms. The van der Waals surface area contributed by atoms with Crippen LogP contribution in [0.2, 0.25) is 0 Å². The van der Waals surface area contributed by atoms with Crippen molar-refractivity contribution in [2.75, 3.05) is 6.26 Å². The van der Waals surface area contributed by atoms with Crippen molar-refractivity contribution in [2.45, 2.75) is 18.4 Å². The summed E-state index contributed by atoms with van der Waals surface area (Å²) in [6, 6.07) is 4.96. The van der Waals surface area contributed by atoms with E-state index in [1.54, 1.807) is 25.1 Å². The zero-order valence-corrected chi connectivity index (χ0v) is 8.93. The van der Waals surface area contributed by atoms with Gasteiger partial charge in [-0.1, -0.05) is 12.1 Å². The second-order valence-corrected chi connectivity index (χ2v) is 5.19. The number of hydroxylamine groups is 1. The zero-order valence-electron chi connectivity index (χ0n) is 8.11. The second kappa shape index (κ2) is 4.08. The molecule has 0 atom stereocenters. The third-order valence-corrected chi connectivity index (χ3v) is 3.18. The summed E-state index contributed by atoms with van der Waals surface area (Å²) in [4.78, 5) is 0.333. The summed E-state index contributed by atoms with van der Waals surface area (Å²) in [5.74, 6) is 0. The molecule has 14 heavy (non-hydrogen) atoms. The zero-order chi connectivity index (χ0) is 10.8. The van der Waals surface area contributed by atoms with Crippen molar-refractivity contribution in [1.29, 1.82) is 0 Å². The molecule has 0 amide bonds. The van der Waals surface area contributed by atoms with Crippen LogP contribution in [0.4, 0.5) is 0 Å². The molecule has 0 radical (unpaired) electrons. The average molecular weight is 215 g/mol. The van der Waals surface area contributed by atoms with Gasteiger partial charge in [-0.2, -0.15) is 0 Å². The van der Waals surface area contributed by atoms with Gasteiger partial charge in [-0.05, 0) is 24.1 Å². The van der Waals surface area contributed by atoms with Gasteiger partial charge in [0, 0.05) is 12.8 Å². The fourth-order valence-electron chi connectivity index (χ4n) is 1.33. The highest BCUT2D eigenvalue weighted by Gasteiger charge is 2.10. The number of benzene rings is 1. The lowest BCUT2D eigenvalue weighted by Gasteiger charge is -2.05. The molecule has 1 aromatic rings. The van der Waals surface area contributed by atoms with Crippen LogP contribution in [-0.4, -0.2) is 19.9 Å². The summed E-state index contributed by atoms with van der Waals surface area (Å²) < 4.78 is 22.5. The van der Waals surface area contributed by atoms with Gasteiger partial charge in [0.2, 0.25) is 0 Å². The predicted molar refractivity (Wildman–Crippen MR) is 52.9 cm³/mol. The van der Waals surface area contributed by atoms with E-state index in [0.29, 0.717) is 17.0 Å². The summed E-state index contributed by atoms with van der Waals surface area (Å²) in [5, 5.41) is 8.47. The first-order chi connectivity index (χ1) is 6.45. The second-order valence-electron chi connectivity index (χ2n) is 3.21. The van der Waals surface area contributed by atoms with Gasteiger partial charge in [0.15, 0.2) is 9.84 Å². The molecule has 0 aromatic heterocycles. The topological polar surface area (TPSA) is 66.4 Å². The van der Waals surface area contributed by atoms with Crippen molar-refractivity contribution < 1.29 is 13.6 Å². The number of hydrogen-bond acceptors (Lipinski definition) is 4. The Balaban J connectivity index is 3.15. The van der Waals surface area contributed by atoms with Gasteiger partial charge in [-0.25, -0.2) is 13.9 Å². The molecule has 0 saturated carbocycles. The van der Waals surface area contributed by atoms with Crippen LogP contribution in [0.25, 0.3) is 0 Å². The van der Waals surface area contributed by atoms with Crippen molar-refractivity contribution in [3.05, 3.63) is 29.3 Å². The third-order valence-electron chi connectivity index (χ3n) is 1.92. The van der Waals surface area contributed by atoms with Crippen LogP contribution in [0.15, 0.2) is 23.1 Å². The lowest BCUT2D eigenvalue weighted by molar-refractivity contribution is 0.161. The van der Waals surface area contributed by atoms with Crippen LogP contribution in [0.1, 0.15) is 11.1 Å². The van der Waals surface area contributed by atoms with Crippen LogP contribution >= 0.6 is 0 Å². The summed E-state index contributed by atoms with van der Waals surface area (Å²) in [6.07, 6.45) is 1.18. The summed E-state index contributed by atoms with van der Waals surface area (Å²) in [6.45, 7) is 2.04. The van der Waals surface area contributed by atoms with Crippen molar-refractivity contribution in [1.82, 2.24) is 5.48 Å². The first-order valence-electron chi connectivity index (χ1n) is 4.11. The van der Waals surface area contributed by atoms with Crippen LogP contribution in [0.3, 0.4) is 0 Å². The highest BCUT2D eigenvalue weighted by Crippen LogP contribution is 2.16. The van der Waals surface area contributed by atoms with E-state index >= 15 is 0 Å². The minimum atomic E-state index is -3.15. The van der Waals surface area contributed by atoms with E-state index in [1.807, 2.05) is 5.48 Å². The molecule has 4 nitrogen and oxygen atoms in total. The first-order valence-corrected chi connectivity index (χ1v) is 6.01. The fraction of sp³-hybridized carbons (Fsp3) is 0.333. The van der Waals surface area contributed by atoms with Crippen molar-refractivity contribution in [3.63, 3.8) is 0 Å². The maximum Gasteiger partial charge on any atom is 0.175 e. The molecule has 2 N–H and O–H groups in total. The highest BCUT2D eigenvalue weighted by atomic mass is 32.2. The van der Waals surface area contributed by atoms with Gasteiger partial charge in [0.25, 0.3) is 0 Å². The van der Waals surface area contributed by atoms with E-state index < -0.39 is 9.84 Å². The van der Waals surface area contributed by atoms with Gasteiger partial charge in [0.1, 0.15) is 0 Å². The van der Waals surface area contributed by atoms with Gasteiger partial charge in [0.05, 0.1) is 4.90 Å². The third kappa shape index (κ3) is 2.54. The Morgan fingerprint density at radius 3 is 2.50 bits per heavy atom. The smallest absolute Gasteiger partial charge is 0.175 e. The Bertz CT molecular complexity index is 426. The van der Waals surface area contributed by atoms with Crippen LogP contribution in [-0.2, 0) is 16.4 Å². The molecule has 0 saturated heterocycles. The standard InChI is InChI=1S/C9H13NO3S/c1-7-5-8(6-10-11)3-4-9(7)14(2,12)13/h3-5,10-11H,6H2,1-2H3. The Morgan fingerprint density at radius 1 is 1.43 bits per heavy atom. The fourth-order valence-corrected chi connectivity index (χ4v) is 2.29. The van der Waals surface area contributed by atoms with E-state index in [-0.39, 0.29) is 0 Å². The average Bonchev–Trinajstić information content (AvgIpc) is 2.02. The molecule has 0 fully saturated rings. The molecule has 1 aromatic carbocycles. The van der Waals surface area contributed by atoms with Crippen LogP contribution in [0, 0.1) is 6.92 Å².